The van der Waals surface area contributed by atoms with Crippen molar-refractivity contribution < 1.29 is 4.74 Å². The van der Waals surface area contributed by atoms with Gasteiger partial charge in [0.25, 0.3) is 0 Å². The quantitative estimate of drug-likeness (QED) is 0.907. The Kier molecular flexibility index (Phi) is 4.70. The predicted octanol–water partition coefficient (Wildman–Crippen LogP) is 4.31. The molecule has 19 heavy (non-hydrogen) atoms. The van der Waals surface area contributed by atoms with E-state index in [4.69, 9.17) is 27.9 Å². The zero-order chi connectivity index (χ0) is 13.8. The molecule has 1 N–H and O–H groups in total. The number of ether oxygens (including phenoxy) is 1. The molecule has 0 heterocycles. The van der Waals surface area contributed by atoms with Crippen LogP contribution in [0, 0.1) is 0 Å². The molecule has 2 nitrogen and oxygen atoms in total. The van der Waals surface area contributed by atoms with Crippen molar-refractivity contribution >= 4 is 23.2 Å². The molecule has 0 amide bonds. The highest BCUT2D eigenvalue weighted by molar-refractivity contribution is 6.42. The normalized spacial score (nSPS) is 12.2. The lowest BCUT2D eigenvalue weighted by atomic mass is 9.99. The Morgan fingerprint density at radius 2 is 1.74 bits per heavy atom. The van der Waals surface area contributed by atoms with Gasteiger partial charge in [0, 0.05) is 0 Å². The van der Waals surface area contributed by atoms with E-state index in [-0.39, 0.29) is 6.04 Å². The van der Waals surface area contributed by atoms with Crippen LogP contribution in [0.1, 0.15) is 17.2 Å². The Balaban J connectivity index is 2.40. The molecule has 0 saturated heterocycles. The van der Waals surface area contributed by atoms with Crippen LogP contribution in [0.3, 0.4) is 0 Å². The Bertz CT molecular complexity index is 572. The molecule has 2 aromatic rings. The fraction of sp³-hybridized carbons (Fsp3) is 0.200. The number of methoxy groups -OCH3 is 1. The summed E-state index contributed by atoms with van der Waals surface area (Å²) in [6.45, 7) is 0. The van der Waals surface area contributed by atoms with Crippen LogP contribution in [0.5, 0.6) is 5.75 Å². The Morgan fingerprint density at radius 3 is 2.37 bits per heavy atom. The summed E-state index contributed by atoms with van der Waals surface area (Å²) in [6.07, 6.45) is 0. The molecule has 0 radical (unpaired) electrons. The van der Waals surface area contributed by atoms with Gasteiger partial charge in [-0.1, -0.05) is 41.4 Å². The Labute approximate surface area is 123 Å². The van der Waals surface area contributed by atoms with Gasteiger partial charge in [-0.15, -0.1) is 0 Å². The Hall–Kier alpha value is -1.22. The summed E-state index contributed by atoms with van der Waals surface area (Å²) in [5.41, 5.74) is 2.17. The van der Waals surface area contributed by atoms with E-state index in [1.807, 2.05) is 49.5 Å². The monoisotopic (exact) mass is 295 g/mol. The third-order valence-corrected chi connectivity index (χ3v) is 3.73. The number of hydrogen-bond donors (Lipinski definition) is 1. The molecule has 0 spiro atoms. The molecule has 2 rings (SSSR count). The molecule has 0 bridgehead atoms. The van der Waals surface area contributed by atoms with Crippen LogP contribution in [0.4, 0.5) is 0 Å². The zero-order valence-corrected chi connectivity index (χ0v) is 12.3. The number of rotatable bonds is 4. The van der Waals surface area contributed by atoms with Crippen LogP contribution in [0.2, 0.25) is 10.0 Å². The number of halogens is 2. The molecule has 0 aliphatic rings. The van der Waals surface area contributed by atoms with Gasteiger partial charge in [0.1, 0.15) is 5.75 Å². The van der Waals surface area contributed by atoms with Gasteiger partial charge in [0.15, 0.2) is 0 Å². The lowest BCUT2D eigenvalue weighted by molar-refractivity contribution is 0.414. The van der Waals surface area contributed by atoms with Gasteiger partial charge in [-0.05, 0) is 42.4 Å². The molecule has 4 heteroatoms. The molecule has 1 atom stereocenters. The van der Waals surface area contributed by atoms with Crippen LogP contribution in [0.25, 0.3) is 0 Å². The summed E-state index contributed by atoms with van der Waals surface area (Å²) < 4.78 is 5.25. The Morgan fingerprint density at radius 1 is 1.00 bits per heavy atom. The maximum absolute atomic E-state index is 6.08. The average molecular weight is 296 g/mol. The highest BCUT2D eigenvalue weighted by Gasteiger charge is 2.13. The largest absolute Gasteiger partial charge is 0.497 e. The second kappa shape index (κ2) is 6.29. The van der Waals surface area contributed by atoms with Crippen molar-refractivity contribution in [3.63, 3.8) is 0 Å². The van der Waals surface area contributed by atoms with E-state index in [1.165, 1.54) is 0 Å². The fourth-order valence-electron chi connectivity index (χ4n) is 2.04. The summed E-state index contributed by atoms with van der Waals surface area (Å²) in [5, 5.41) is 4.39. The summed E-state index contributed by atoms with van der Waals surface area (Å²) in [7, 11) is 3.57. The van der Waals surface area contributed by atoms with Crippen molar-refractivity contribution in [1.82, 2.24) is 5.32 Å². The molecule has 100 valence electrons. The first-order valence-corrected chi connectivity index (χ1v) is 6.67. The minimum absolute atomic E-state index is 0.0462. The highest BCUT2D eigenvalue weighted by atomic mass is 35.5. The SMILES string of the molecule is CNC(c1cccc(OC)c1)c1ccc(Cl)c(Cl)c1. The van der Waals surface area contributed by atoms with Crippen LogP contribution in [-0.4, -0.2) is 14.2 Å². The van der Waals surface area contributed by atoms with Gasteiger partial charge in [-0.3, -0.25) is 0 Å². The van der Waals surface area contributed by atoms with Crippen LogP contribution in [0.15, 0.2) is 42.5 Å². The smallest absolute Gasteiger partial charge is 0.119 e. The number of benzene rings is 2. The molecule has 1 unspecified atom stereocenters. The maximum Gasteiger partial charge on any atom is 0.119 e. The first-order valence-electron chi connectivity index (χ1n) is 5.92. The summed E-state index contributed by atoms with van der Waals surface area (Å²) in [4.78, 5) is 0. The van der Waals surface area contributed by atoms with E-state index in [0.29, 0.717) is 10.0 Å². The molecule has 0 aliphatic carbocycles. The molecular weight excluding hydrogens is 281 g/mol. The molecule has 0 fully saturated rings. The fourth-order valence-corrected chi connectivity index (χ4v) is 2.35. The third kappa shape index (κ3) is 3.21. The maximum atomic E-state index is 6.08. The van der Waals surface area contributed by atoms with Crippen LogP contribution in [-0.2, 0) is 0 Å². The van der Waals surface area contributed by atoms with E-state index >= 15 is 0 Å². The molecule has 0 saturated carbocycles. The van der Waals surface area contributed by atoms with Crippen LogP contribution < -0.4 is 10.1 Å². The standard InChI is InChI=1S/C15H15Cl2NO/c1-18-15(10-4-3-5-12(8-10)19-2)11-6-7-13(16)14(17)9-11/h3-9,15,18H,1-2H3. The molecule has 0 aliphatic heterocycles. The van der Waals surface area contributed by atoms with Gasteiger partial charge < -0.3 is 10.1 Å². The predicted molar refractivity (Wildman–Crippen MR) is 80.4 cm³/mol. The molecular formula is C15H15Cl2NO. The van der Waals surface area contributed by atoms with E-state index in [1.54, 1.807) is 7.11 Å². The number of nitrogens with one attached hydrogen (secondary N) is 1. The lowest BCUT2D eigenvalue weighted by Crippen LogP contribution is -2.17. The van der Waals surface area contributed by atoms with Crippen molar-refractivity contribution in [2.45, 2.75) is 6.04 Å². The van der Waals surface area contributed by atoms with Gasteiger partial charge in [-0.25, -0.2) is 0 Å². The van der Waals surface area contributed by atoms with Crippen molar-refractivity contribution in [2.75, 3.05) is 14.2 Å². The van der Waals surface area contributed by atoms with Crippen molar-refractivity contribution in [2.24, 2.45) is 0 Å². The lowest BCUT2D eigenvalue weighted by Gasteiger charge is -2.18. The van der Waals surface area contributed by atoms with Gasteiger partial charge in [0.2, 0.25) is 0 Å². The highest BCUT2D eigenvalue weighted by Crippen LogP contribution is 2.29. The van der Waals surface area contributed by atoms with Crippen LogP contribution >= 0.6 is 23.2 Å². The van der Waals surface area contributed by atoms with Crippen molar-refractivity contribution in [3.8, 4) is 5.75 Å². The van der Waals surface area contributed by atoms with E-state index in [9.17, 15) is 0 Å². The van der Waals surface area contributed by atoms with Gasteiger partial charge >= 0.3 is 0 Å². The van der Waals surface area contributed by atoms with Crippen molar-refractivity contribution in [1.29, 1.82) is 0 Å². The van der Waals surface area contributed by atoms with Gasteiger partial charge in [0.05, 0.1) is 23.2 Å². The van der Waals surface area contributed by atoms with Gasteiger partial charge in [-0.2, -0.15) is 0 Å². The summed E-state index contributed by atoms with van der Waals surface area (Å²) in [5.74, 6) is 0.831. The van der Waals surface area contributed by atoms with E-state index in [0.717, 1.165) is 16.9 Å². The summed E-state index contributed by atoms with van der Waals surface area (Å²) in [6, 6.07) is 13.6. The topological polar surface area (TPSA) is 21.3 Å². The number of hydrogen-bond acceptors (Lipinski definition) is 2. The third-order valence-electron chi connectivity index (χ3n) is 2.99. The average Bonchev–Trinajstić information content (AvgIpc) is 2.44. The minimum atomic E-state index is 0.0462. The second-order valence-electron chi connectivity index (χ2n) is 4.17. The first kappa shape index (κ1) is 14.2. The zero-order valence-electron chi connectivity index (χ0n) is 10.8. The van der Waals surface area contributed by atoms with E-state index in [2.05, 4.69) is 5.32 Å². The molecule has 0 aromatic heterocycles. The van der Waals surface area contributed by atoms with Crippen molar-refractivity contribution in [3.05, 3.63) is 63.6 Å². The first-order chi connectivity index (χ1) is 9.15. The second-order valence-corrected chi connectivity index (χ2v) is 4.99. The van der Waals surface area contributed by atoms with E-state index < -0.39 is 0 Å². The molecule has 2 aromatic carbocycles. The summed E-state index contributed by atoms with van der Waals surface area (Å²) >= 11 is 12.0. The minimum Gasteiger partial charge on any atom is -0.497 e.